The predicted octanol–water partition coefficient (Wildman–Crippen LogP) is 0.587. The lowest BCUT2D eigenvalue weighted by molar-refractivity contribution is -0.324. The maximum absolute atomic E-state index is 11.4. The molecule has 0 fully saturated rings. The van der Waals surface area contributed by atoms with E-state index in [-0.39, 0.29) is 19.5 Å². The molecule has 0 aromatic rings. The van der Waals surface area contributed by atoms with E-state index in [0.717, 1.165) is 0 Å². The summed E-state index contributed by atoms with van der Waals surface area (Å²) in [4.78, 5) is 9.92. The predicted molar refractivity (Wildman–Crippen MR) is 37.1 cm³/mol. The SMILES string of the molecule is O=C(O)CNCCCOC(F)(F)F. The average molecular weight is 201 g/mol. The van der Waals surface area contributed by atoms with E-state index in [0.29, 0.717) is 0 Å². The first-order valence-corrected chi connectivity index (χ1v) is 3.55. The van der Waals surface area contributed by atoms with E-state index in [1.807, 2.05) is 0 Å². The van der Waals surface area contributed by atoms with Gasteiger partial charge in [-0.3, -0.25) is 9.53 Å². The molecular formula is C6H10F3NO3. The topological polar surface area (TPSA) is 58.6 Å². The lowest BCUT2D eigenvalue weighted by atomic mass is 10.4. The second-order valence-corrected chi connectivity index (χ2v) is 2.22. The lowest BCUT2D eigenvalue weighted by Gasteiger charge is -2.06. The number of nitrogens with one attached hydrogen (secondary N) is 1. The minimum absolute atomic E-state index is 0.118. The summed E-state index contributed by atoms with van der Waals surface area (Å²) >= 11 is 0. The van der Waals surface area contributed by atoms with Crippen molar-refractivity contribution in [3.63, 3.8) is 0 Å². The molecule has 0 saturated heterocycles. The number of hydrogen-bond acceptors (Lipinski definition) is 3. The summed E-state index contributed by atoms with van der Waals surface area (Å²) in [5, 5.41) is 10.5. The van der Waals surface area contributed by atoms with Crippen molar-refractivity contribution >= 4 is 5.97 Å². The summed E-state index contributed by atoms with van der Waals surface area (Å²) in [5.74, 6) is -1.04. The summed E-state index contributed by atoms with van der Waals surface area (Å²) in [7, 11) is 0. The highest BCUT2D eigenvalue weighted by molar-refractivity contribution is 5.68. The van der Waals surface area contributed by atoms with Gasteiger partial charge in [0.15, 0.2) is 0 Å². The van der Waals surface area contributed by atoms with Crippen molar-refractivity contribution in [3.05, 3.63) is 0 Å². The van der Waals surface area contributed by atoms with Gasteiger partial charge in [0.05, 0.1) is 13.2 Å². The molecule has 0 spiro atoms. The van der Waals surface area contributed by atoms with Crippen LogP contribution in [0.2, 0.25) is 0 Å². The zero-order valence-electron chi connectivity index (χ0n) is 6.73. The average Bonchev–Trinajstić information content (AvgIpc) is 1.93. The summed E-state index contributed by atoms with van der Waals surface area (Å²) in [5.41, 5.74) is 0. The molecule has 0 amide bonds. The van der Waals surface area contributed by atoms with Gasteiger partial charge >= 0.3 is 12.3 Å². The second-order valence-electron chi connectivity index (χ2n) is 2.22. The number of rotatable bonds is 6. The molecule has 2 N–H and O–H groups in total. The third kappa shape index (κ3) is 11.2. The largest absolute Gasteiger partial charge is 0.522 e. The fourth-order valence-electron chi connectivity index (χ4n) is 0.580. The van der Waals surface area contributed by atoms with Crippen molar-refractivity contribution in [2.24, 2.45) is 0 Å². The van der Waals surface area contributed by atoms with Gasteiger partial charge in [-0.05, 0) is 13.0 Å². The van der Waals surface area contributed by atoms with Gasteiger partial charge in [-0.15, -0.1) is 13.2 Å². The smallest absolute Gasteiger partial charge is 0.480 e. The van der Waals surface area contributed by atoms with Crippen LogP contribution in [0.15, 0.2) is 0 Å². The molecule has 7 heteroatoms. The van der Waals surface area contributed by atoms with Crippen LogP contribution >= 0.6 is 0 Å². The van der Waals surface area contributed by atoms with Crippen LogP contribution < -0.4 is 5.32 Å². The number of halogens is 3. The Kier molecular flexibility index (Phi) is 5.40. The van der Waals surface area contributed by atoms with E-state index < -0.39 is 18.9 Å². The van der Waals surface area contributed by atoms with E-state index in [4.69, 9.17) is 5.11 Å². The van der Waals surface area contributed by atoms with Crippen molar-refractivity contribution in [2.75, 3.05) is 19.7 Å². The van der Waals surface area contributed by atoms with Crippen LogP contribution in [-0.2, 0) is 9.53 Å². The quantitative estimate of drug-likeness (QED) is 0.617. The molecule has 0 aliphatic heterocycles. The minimum atomic E-state index is -4.60. The molecule has 0 aromatic carbocycles. The fraction of sp³-hybridized carbons (Fsp3) is 0.833. The number of alkyl halides is 3. The Morgan fingerprint density at radius 3 is 2.54 bits per heavy atom. The first kappa shape index (κ1) is 12.2. The van der Waals surface area contributed by atoms with Crippen molar-refractivity contribution in [1.29, 1.82) is 0 Å². The van der Waals surface area contributed by atoms with Crippen LogP contribution in [0.1, 0.15) is 6.42 Å². The van der Waals surface area contributed by atoms with Crippen molar-refractivity contribution in [3.8, 4) is 0 Å². The fourth-order valence-corrected chi connectivity index (χ4v) is 0.580. The highest BCUT2D eigenvalue weighted by atomic mass is 19.4. The molecule has 0 unspecified atom stereocenters. The minimum Gasteiger partial charge on any atom is -0.480 e. The second kappa shape index (κ2) is 5.76. The number of ether oxygens (including phenoxy) is 1. The Morgan fingerprint density at radius 2 is 2.08 bits per heavy atom. The molecule has 0 aliphatic rings. The highest BCUT2D eigenvalue weighted by Gasteiger charge is 2.28. The molecule has 0 radical (unpaired) electrons. The van der Waals surface area contributed by atoms with E-state index in [9.17, 15) is 18.0 Å². The Bertz CT molecular complexity index is 160. The van der Waals surface area contributed by atoms with Crippen molar-refractivity contribution in [1.82, 2.24) is 5.32 Å². The van der Waals surface area contributed by atoms with Gasteiger partial charge < -0.3 is 10.4 Å². The maximum Gasteiger partial charge on any atom is 0.522 e. The van der Waals surface area contributed by atoms with Crippen LogP contribution in [0.4, 0.5) is 13.2 Å². The van der Waals surface area contributed by atoms with Crippen molar-refractivity contribution in [2.45, 2.75) is 12.8 Å². The van der Waals surface area contributed by atoms with Crippen LogP contribution in [-0.4, -0.2) is 37.1 Å². The van der Waals surface area contributed by atoms with Gasteiger partial charge in [-0.25, -0.2) is 0 Å². The molecule has 0 rings (SSSR count). The molecule has 0 atom stereocenters. The van der Waals surface area contributed by atoms with E-state index in [1.54, 1.807) is 0 Å². The Labute approximate surface area is 72.7 Å². The third-order valence-corrected chi connectivity index (χ3v) is 1.04. The monoisotopic (exact) mass is 201 g/mol. The first-order chi connectivity index (χ1) is 5.92. The van der Waals surface area contributed by atoms with E-state index in [2.05, 4.69) is 10.1 Å². The standard InChI is InChI=1S/C6H10F3NO3/c7-6(8,9)13-3-1-2-10-4-5(11)12/h10H,1-4H2,(H,11,12). The third-order valence-electron chi connectivity index (χ3n) is 1.04. The van der Waals surface area contributed by atoms with E-state index >= 15 is 0 Å². The normalized spacial score (nSPS) is 11.6. The zero-order valence-corrected chi connectivity index (χ0v) is 6.73. The Hall–Kier alpha value is -0.820. The summed E-state index contributed by atoms with van der Waals surface area (Å²) in [6.07, 6.45) is -4.49. The van der Waals surface area contributed by atoms with Gasteiger partial charge in [0.2, 0.25) is 0 Å². The molecule has 0 aromatic heterocycles. The number of carboxylic acids is 1. The number of carbonyl (C=O) groups is 1. The molecular weight excluding hydrogens is 191 g/mol. The molecule has 0 saturated carbocycles. The van der Waals surface area contributed by atoms with Gasteiger partial charge in [0.1, 0.15) is 0 Å². The Balaban J connectivity index is 3.13. The van der Waals surface area contributed by atoms with Crippen LogP contribution in [0, 0.1) is 0 Å². The molecule has 13 heavy (non-hydrogen) atoms. The van der Waals surface area contributed by atoms with Crippen LogP contribution in [0.25, 0.3) is 0 Å². The summed E-state index contributed by atoms with van der Waals surface area (Å²) in [6, 6.07) is 0. The maximum atomic E-state index is 11.4. The number of hydrogen-bond donors (Lipinski definition) is 2. The molecule has 4 nitrogen and oxygen atoms in total. The Morgan fingerprint density at radius 1 is 1.46 bits per heavy atom. The highest BCUT2D eigenvalue weighted by Crippen LogP contribution is 2.15. The van der Waals surface area contributed by atoms with Crippen LogP contribution in [0.3, 0.4) is 0 Å². The van der Waals surface area contributed by atoms with Gasteiger partial charge in [-0.2, -0.15) is 0 Å². The van der Waals surface area contributed by atoms with Gasteiger partial charge in [-0.1, -0.05) is 0 Å². The van der Waals surface area contributed by atoms with E-state index in [1.165, 1.54) is 0 Å². The van der Waals surface area contributed by atoms with Crippen molar-refractivity contribution < 1.29 is 27.8 Å². The number of aliphatic carboxylic acids is 1. The lowest BCUT2D eigenvalue weighted by Crippen LogP contribution is -2.25. The summed E-state index contributed by atoms with van der Waals surface area (Å²) < 4.78 is 37.5. The van der Waals surface area contributed by atoms with Gasteiger partial charge in [0.25, 0.3) is 0 Å². The zero-order chi connectivity index (χ0) is 10.3. The molecule has 0 aliphatic carbocycles. The molecule has 0 bridgehead atoms. The molecule has 0 heterocycles. The van der Waals surface area contributed by atoms with Gasteiger partial charge in [0, 0.05) is 0 Å². The first-order valence-electron chi connectivity index (χ1n) is 3.55. The summed E-state index contributed by atoms with van der Waals surface area (Å²) in [6.45, 7) is -0.537. The number of carboxylic acid groups (broad SMARTS) is 1. The molecule has 78 valence electrons. The van der Waals surface area contributed by atoms with Crippen LogP contribution in [0.5, 0.6) is 0 Å².